The maximum absolute atomic E-state index is 11.1. The van der Waals surface area contributed by atoms with Gasteiger partial charge in [-0.2, -0.15) is 0 Å². The first-order chi connectivity index (χ1) is 8.59. The molecule has 1 aliphatic carbocycles. The van der Waals surface area contributed by atoms with Crippen LogP contribution in [0.4, 0.5) is 0 Å². The summed E-state index contributed by atoms with van der Waals surface area (Å²) in [5.41, 5.74) is 2.05. The molecule has 0 radical (unpaired) electrons. The van der Waals surface area contributed by atoms with E-state index in [9.17, 15) is 19.8 Å². The monoisotopic (exact) mass is 324 g/mol. The van der Waals surface area contributed by atoms with Crippen LogP contribution >= 0.6 is 0 Å². The Morgan fingerprint density at radius 3 is 2.45 bits per heavy atom. The maximum Gasteiger partial charge on any atom is 1.00 e. The molecule has 0 bridgehead atoms. The summed E-state index contributed by atoms with van der Waals surface area (Å²) in [5, 5.41) is 21.8. The summed E-state index contributed by atoms with van der Waals surface area (Å²) in [5.74, 6) is -3.93. The molecule has 1 aliphatic rings. The van der Waals surface area contributed by atoms with E-state index < -0.39 is 24.3 Å². The van der Waals surface area contributed by atoms with Crippen LogP contribution in [0.5, 0.6) is 0 Å². The van der Waals surface area contributed by atoms with Crippen LogP contribution in [0.3, 0.4) is 0 Å². The third-order valence-electron chi connectivity index (χ3n) is 3.59. The molecule has 1 aromatic carbocycles. The standard InChI is InChI=1S/C14H16O4.2K/c15-13(16)8-12(14(17)18)11-7-3-5-9-4-1-2-6-10(9)11;;/h1-2,4,6,11-12H,3,5,7-8H2,(H,15,16)(H,17,18);;/q;2*+1/p-2. The van der Waals surface area contributed by atoms with E-state index in [1.54, 1.807) is 0 Å². The van der Waals surface area contributed by atoms with Gasteiger partial charge in [-0.1, -0.05) is 24.3 Å². The van der Waals surface area contributed by atoms with Crippen LogP contribution in [0.1, 0.15) is 36.3 Å². The fourth-order valence-electron chi connectivity index (χ4n) is 2.78. The zero-order valence-electron chi connectivity index (χ0n) is 11.9. The van der Waals surface area contributed by atoms with Crippen molar-refractivity contribution in [1.29, 1.82) is 0 Å². The van der Waals surface area contributed by atoms with Crippen molar-refractivity contribution in [3.63, 3.8) is 0 Å². The van der Waals surface area contributed by atoms with Crippen molar-refractivity contribution in [2.75, 3.05) is 0 Å². The van der Waals surface area contributed by atoms with Gasteiger partial charge in [0, 0.05) is 17.9 Å². The second kappa shape index (κ2) is 10.3. The Kier molecular flexibility index (Phi) is 11.0. The van der Waals surface area contributed by atoms with Gasteiger partial charge in [0.05, 0.1) is 0 Å². The Hall–Kier alpha value is 1.43. The van der Waals surface area contributed by atoms with Gasteiger partial charge in [-0.05, 0) is 42.7 Å². The fraction of sp³-hybridized carbons (Fsp3) is 0.429. The minimum absolute atomic E-state index is 0. The zero-order chi connectivity index (χ0) is 13.1. The summed E-state index contributed by atoms with van der Waals surface area (Å²) in [4.78, 5) is 21.8. The van der Waals surface area contributed by atoms with Gasteiger partial charge in [0.2, 0.25) is 0 Å². The summed E-state index contributed by atoms with van der Waals surface area (Å²) < 4.78 is 0. The summed E-state index contributed by atoms with van der Waals surface area (Å²) in [7, 11) is 0. The van der Waals surface area contributed by atoms with E-state index in [4.69, 9.17) is 0 Å². The third-order valence-corrected chi connectivity index (χ3v) is 3.59. The van der Waals surface area contributed by atoms with Crippen molar-refractivity contribution in [2.24, 2.45) is 5.92 Å². The topological polar surface area (TPSA) is 80.3 Å². The van der Waals surface area contributed by atoms with Crippen molar-refractivity contribution >= 4 is 11.9 Å². The molecule has 0 fully saturated rings. The molecule has 1 aromatic rings. The molecule has 20 heavy (non-hydrogen) atoms. The Labute approximate surface area is 203 Å². The van der Waals surface area contributed by atoms with Gasteiger partial charge in [-0.25, -0.2) is 0 Å². The van der Waals surface area contributed by atoms with Crippen LogP contribution in [-0.4, -0.2) is 11.9 Å². The summed E-state index contributed by atoms with van der Waals surface area (Å²) in [6.45, 7) is 0. The smallest absolute Gasteiger partial charge is 0.550 e. The van der Waals surface area contributed by atoms with E-state index >= 15 is 0 Å². The van der Waals surface area contributed by atoms with E-state index in [-0.39, 0.29) is 109 Å². The zero-order valence-corrected chi connectivity index (χ0v) is 18.2. The fourth-order valence-corrected chi connectivity index (χ4v) is 2.78. The maximum atomic E-state index is 11.1. The molecule has 0 heterocycles. The van der Waals surface area contributed by atoms with Crippen LogP contribution in [0, 0.1) is 5.92 Å². The average Bonchev–Trinajstić information content (AvgIpc) is 2.35. The van der Waals surface area contributed by atoms with E-state index in [1.165, 1.54) is 0 Å². The largest absolute Gasteiger partial charge is 1.00 e. The SMILES string of the molecule is O=C([O-])CC(C(=O)[O-])C1CCCc2ccccc21.[K+].[K+]. The van der Waals surface area contributed by atoms with Crippen molar-refractivity contribution < 1.29 is 123 Å². The van der Waals surface area contributed by atoms with Crippen LogP contribution < -0.4 is 113 Å². The normalized spacial score (nSPS) is 17.9. The van der Waals surface area contributed by atoms with E-state index in [0.29, 0.717) is 6.42 Å². The van der Waals surface area contributed by atoms with Gasteiger partial charge >= 0.3 is 103 Å². The molecule has 4 nitrogen and oxygen atoms in total. The van der Waals surface area contributed by atoms with E-state index in [1.807, 2.05) is 24.3 Å². The molecular weight excluding hydrogens is 310 g/mol. The molecule has 0 aliphatic heterocycles. The number of hydrogen-bond acceptors (Lipinski definition) is 4. The number of aliphatic carboxylic acids is 2. The molecule has 0 N–H and O–H groups in total. The molecule has 0 aromatic heterocycles. The first-order valence-electron chi connectivity index (χ1n) is 6.08. The number of fused-ring (bicyclic) bond motifs is 1. The average molecular weight is 324 g/mol. The number of aryl methyl sites for hydroxylation is 1. The van der Waals surface area contributed by atoms with Gasteiger partial charge in [0.1, 0.15) is 0 Å². The number of benzene rings is 1. The minimum Gasteiger partial charge on any atom is -0.550 e. The molecule has 0 saturated heterocycles. The second-order valence-corrected chi connectivity index (χ2v) is 4.70. The van der Waals surface area contributed by atoms with E-state index in [2.05, 4.69) is 0 Å². The molecule has 96 valence electrons. The predicted molar refractivity (Wildman–Crippen MR) is 60.2 cm³/mol. The molecular formula is C14H14K2O4. The van der Waals surface area contributed by atoms with Crippen molar-refractivity contribution in [3.8, 4) is 0 Å². The van der Waals surface area contributed by atoms with Crippen molar-refractivity contribution in [2.45, 2.75) is 31.6 Å². The Balaban J connectivity index is 0.00000180. The number of carboxylic acids is 2. The third kappa shape index (κ3) is 5.57. The first-order valence-corrected chi connectivity index (χ1v) is 6.08. The molecule has 2 rings (SSSR count). The van der Waals surface area contributed by atoms with Crippen molar-refractivity contribution in [3.05, 3.63) is 35.4 Å². The summed E-state index contributed by atoms with van der Waals surface area (Å²) in [6, 6.07) is 7.60. The molecule has 0 amide bonds. The predicted octanol–water partition coefficient (Wildman–Crippen LogP) is -6.38. The van der Waals surface area contributed by atoms with Gasteiger partial charge < -0.3 is 19.8 Å². The molecule has 2 atom stereocenters. The second-order valence-electron chi connectivity index (χ2n) is 4.70. The van der Waals surface area contributed by atoms with Crippen LogP contribution in [0.15, 0.2) is 24.3 Å². The van der Waals surface area contributed by atoms with Crippen LogP contribution in [0.2, 0.25) is 0 Å². The first kappa shape index (κ1) is 21.4. The Morgan fingerprint density at radius 2 is 1.85 bits per heavy atom. The van der Waals surface area contributed by atoms with E-state index in [0.717, 1.165) is 24.0 Å². The number of carbonyl (C=O) groups is 2. The molecule has 2 unspecified atom stereocenters. The van der Waals surface area contributed by atoms with Gasteiger partial charge in [-0.15, -0.1) is 0 Å². The molecule has 0 spiro atoms. The van der Waals surface area contributed by atoms with Crippen LogP contribution in [0.25, 0.3) is 0 Å². The summed E-state index contributed by atoms with van der Waals surface area (Å²) in [6.07, 6.45) is 1.99. The Morgan fingerprint density at radius 1 is 1.20 bits per heavy atom. The number of rotatable bonds is 4. The van der Waals surface area contributed by atoms with Gasteiger partial charge in [0.25, 0.3) is 0 Å². The summed E-state index contributed by atoms with van der Waals surface area (Å²) >= 11 is 0. The Bertz CT molecular complexity index is 476. The number of carboxylic acid groups (broad SMARTS) is 2. The molecule has 0 saturated carbocycles. The van der Waals surface area contributed by atoms with Crippen LogP contribution in [-0.2, 0) is 16.0 Å². The number of carbonyl (C=O) groups excluding carboxylic acids is 2. The molecule has 6 heteroatoms. The van der Waals surface area contributed by atoms with Gasteiger partial charge in [-0.3, -0.25) is 0 Å². The van der Waals surface area contributed by atoms with Gasteiger partial charge in [0.15, 0.2) is 0 Å². The minimum atomic E-state index is -1.34. The number of hydrogen-bond donors (Lipinski definition) is 0. The van der Waals surface area contributed by atoms with Crippen molar-refractivity contribution in [1.82, 2.24) is 0 Å². The quantitative estimate of drug-likeness (QED) is 0.516.